The lowest BCUT2D eigenvalue weighted by molar-refractivity contribution is 0.0697. The van der Waals surface area contributed by atoms with Crippen LogP contribution in [-0.2, 0) is 6.42 Å². The zero-order chi connectivity index (χ0) is 20.7. The molecule has 0 aliphatic rings. The molecule has 2 heteroatoms. The van der Waals surface area contributed by atoms with Gasteiger partial charge in [0, 0.05) is 0 Å². The van der Waals surface area contributed by atoms with Gasteiger partial charge in [-0.1, -0.05) is 114 Å². The highest BCUT2D eigenvalue weighted by atomic mass is 16.4. The molecule has 0 amide bonds. The quantitative estimate of drug-likeness (QED) is 0.308. The third-order valence-corrected chi connectivity index (χ3v) is 5.74. The van der Waals surface area contributed by atoms with Crippen LogP contribution >= 0.6 is 0 Å². The van der Waals surface area contributed by atoms with E-state index in [2.05, 4.69) is 19.1 Å². The monoisotopic (exact) mass is 394 g/mol. The highest BCUT2D eigenvalue weighted by molar-refractivity contribution is 5.89. The van der Waals surface area contributed by atoms with E-state index < -0.39 is 5.97 Å². The van der Waals surface area contributed by atoms with Crippen LogP contribution in [0.5, 0.6) is 0 Å². The molecular formula is C27H38O2. The van der Waals surface area contributed by atoms with Crippen LogP contribution in [-0.4, -0.2) is 11.1 Å². The van der Waals surface area contributed by atoms with Gasteiger partial charge >= 0.3 is 5.97 Å². The first-order valence-corrected chi connectivity index (χ1v) is 11.6. The molecule has 0 aliphatic carbocycles. The Morgan fingerprint density at radius 1 is 0.724 bits per heavy atom. The number of benzene rings is 2. The summed E-state index contributed by atoms with van der Waals surface area (Å²) in [4.78, 5) is 11.4. The molecule has 2 nitrogen and oxygen atoms in total. The molecule has 0 atom stereocenters. The van der Waals surface area contributed by atoms with Gasteiger partial charge in [-0.3, -0.25) is 0 Å². The van der Waals surface area contributed by atoms with E-state index in [1.165, 1.54) is 81.8 Å². The van der Waals surface area contributed by atoms with Crippen LogP contribution in [0.25, 0.3) is 11.1 Å². The highest BCUT2D eigenvalue weighted by Gasteiger charge is 2.10. The maximum absolute atomic E-state index is 11.4. The fraction of sp³-hybridized carbons (Fsp3) is 0.519. The van der Waals surface area contributed by atoms with E-state index in [-0.39, 0.29) is 0 Å². The second-order valence-corrected chi connectivity index (χ2v) is 8.18. The van der Waals surface area contributed by atoms with Crippen LogP contribution in [0.3, 0.4) is 0 Å². The van der Waals surface area contributed by atoms with E-state index in [1.54, 1.807) is 6.07 Å². The maximum atomic E-state index is 11.4. The van der Waals surface area contributed by atoms with Gasteiger partial charge < -0.3 is 5.11 Å². The van der Waals surface area contributed by atoms with Crippen molar-refractivity contribution < 1.29 is 9.90 Å². The van der Waals surface area contributed by atoms with Crippen LogP contribution in [0.4, 0.5) is 0 Å². The van der Waals surface area contributed by atoms with Crippen molar-refractivity contribution in [2.75, 3.05) is 0 Å². The lowest BCUT2D eigenvalue weighted by Crippen LogP contribution is -1.99. The smallest absolute Gasteiger partial charge is 0.335 e. The van der Waals surface area contributed by atoms with Crippen molar-refractivity contribution >= 4 is 5.97 Å². The van der Waals surface area contributed by atoms with Gasteiger partial charge in [-0.15, -0.1) is 0 Å². The van der Waals surface area contributed by atoms with Crippen molar-refractivity contribution in [3.05, 3.63) is 59.7 Å². The molecule has 0 fully saturated rings. The Morgan fingerprint density at radius 2 is 1.28 bits per heavy atom. The highest BCUT2D eigenvalue weighted by Crippen LogP contribution is 2.26. The minimum absolute atomic E-state index is 0.388. The summed E-state index contributed by atoms with van der Waals surface area (Å²) in [5.41, 5.74) is 3.87. The average molecular weight is 395 g/mol. The van der Waals surface area contributed by atoms with Crippen molar-refractivity contribution in [2.45, 2.75) is 90.4 Å². The van der Waals surface area contributed by atoms with Crippen molar-refractivity contribution in [3.8, 4) is 11.1 Å². The van der Waals surface area contributed by atoms with Gasteiger partial charge in [-0.05, 0) is 41.7 Å². The summed E-state index contributed by atoms with van der Waals surface area (Å²) in [6.45, 7) is 2.27. The molecule has 0 bridgehead atoms. The second-order valence-electron chi connectivity index (χ2n) is 8.18. The first-order chi connectivity index (χ1) is 14.2. The normalized spacial score (nSPS) is 10.9. The zero-order valence-electron chi connectivity index (χ0n) is 18.2. The van der Waals surface area contributed by atoms with E-state index in [0.717, 1.165) is 18.4 Å². The minimum atomic E-state index is -0.847. The molecule has 0 unspecified atom stereocenters. The van der Waals surface area contributed by atoms with Crippen LogP contribution in [0.1, 0.15) is 99.9 Å². The predicted octanol–water partition coefficient (Wildman–Crippen LogP) is 8.30. The van der Waals surface area contributed by atoms with Gasteiger partial charge in [0.1, 0.15) is 0 Å². The molecule has 0 spiro atoms. The summed E-state index contributed by atoms with van der Waals surface area (Å²) in [5, 5.41) is 9.34. The number of aromatic carboxylic acids is 1. The maximum Gasteiger partial charge on any atom is 0.335 e. The summed E-state index contributed by atoms with van der Waals surface area (Å²) in [6, 6.07) is 15.8. The molecule has 2 aromatic rings. The van der Waals surface area contributed by atoms with Crippen molar-refractivity contribution in [3.63, 3.8) is 0 Å². The first kappa shape index (κ1) is 23.2. The Bertz CT molecular complexity index is 706. The fourth-order valence-electron chi connectivity index (χ4n) is 3.99. The van der Waals surface area contributed by atoms with Gasteiger partial charge in [0.25, 0.3) is 0 Å². The lowest BCUT2D eigenvalue weighted by Gasteiger charge is -2.11. The standard InChI is InChI=1S/C27H38O2/c1-2-3-4-5-6-7-8-9-10-11-12-14-19-24-22-25(27(28)29)20-21-26(24)23-17-15-13-16-18-23/h13,15-18,20-22H,2-12,14,19H2,1H3,(H,28,29). The van der Waals surface area contributed by atoms with Crippen LogP contribution < -0.4 is 0 Å². The molecule has 0 aromatic heterocycles. The molecule has 0 aliphatic heterocycles. The SMILES string of the molecule is CCCCCCCCCCCCCCc1cc(C(=O)O)ccc1-c1ccccc1. The summed E-state index contributed by atoms with van der Waals surface area (Å²) < 4.78 is 0. The van der Waals surface area contributed by atoms with Crippen molar-refractivity contribution in [1.29, 1.82) is 0 Å². The average Bonchev–Trinajstić information content (AvgIpc) is 2.75. The summed E-state index contributed by atoms with van der Waals surface area (Å²) in [7, 11) is 0. The predicted molar refractivity (Wildman–Crippen MR) is 124 cm³/mol. The topological polar surface area (TPSA) is 37.3 Å². The van der Waals surface area contributed by atoms with E-state index in [0.29, 0.717) is 5.56 Å². The Kier molecular flexibility index (Phi) is 11.2. The molecule has 1 N–H and O–H groups in total. The van der Waals surface area contributed by atoms with Gasteiger partial charge in [-0.25, -0.2) is 4.79 Å². The Labute approximate surface area is 177 Å². The number of rotatable bonds is 15. The number of carboxylic acid groups (broad SMARTS) is 1. The van der Waals surface area contributed by atoms with Gasteiger partial charge in [0.15, 0.2) is 0 Å². The molecular weight excluding hydrogens is 356 g/mol. The first-order valence-electron chi connectivity index (χ1n) is 11.6. The van der Waals surface area contributed by atoms with Gasteiger partial charge in [0.05, 0.1) is 5.56 Å². The molecule has 0 saturated heterocycles. The van der Waals surface area contributed by atoms with Gasteiger partial charge in [0.2, 0.25) is 0 Å². The van der Waals surface area contributed by atoms with E-state index in [9.17, 15) is 9.90 Å². The van der Waals surface area contributed by atoms with Crippen molar-refractivity contribution in [1.82, 2.24) is 0 Å². The molecule has 29 heavy (non-hydrogen) atoms. The lowest BCUT2D eigenvalue weighted by atomic mass is 9.93. The largest absolute Gasteiger partial charge is 0.478 e. The molecule has 2 rings (SSSR count). The summed E-state index contributed by atoms with van der Waals surface area (Å²) in [6.07, 6.45) is 17.0. The van der Waals surface area contributed by atoms with Crippen LogP contribution in [0.15, 0.2) is 48.5 Å². The third-order valence-electron chi connectivity index (χ3n) is 5.74. The minimum Gasteiger partial charge on any atom is -0.478 e. The second kappa shape index (κ2) is 14.0. The summed E-state index contributed by atoms with van der Waals surface area (Å²) in [5.74, 6) is -0.847. The zero-order valence-corrected chi connectivity index (χ0v) is 18.2. The Balaban J connectivity index is 1.71. The fourth-order valence-corrected chi connectivity index (χ4v) is 3.99. The Morgan fingerprint density at radius 3 is 1.83 bits per heavy atom. The Hall–Kier alpha value is -2.09. The van der Waals surface area contributed by atoms with Crippen LogP contribution in [0.2, 0.25) is 0 Å². The van der Waals surface area contributed by atoms with E-state index in [4.69, 9.17) is 0 Å². The number of hydrogen-bond acceptors (Lipinski definition) is 1. The van der Waals surface area contributed by atoms with E-state index in [1.807, 2.05) is 30.3 Å². The van der Waals surface area contributed by atoms with Crippen LogP contribution in [0, 0.1) is 0 Å². The summed E-state index contributed by atoms with van der Waals surface area (Å²) >= 11 is 0. The number of carbonyl (C=O) groups is 1. The molecule has 0 radical (unpaired) electrons. The third kappa shape index (κ3) is 8.85. The van der Waals surface area contributed by atoms with Gasteiger partial charge in [-0.2, -0.15) is 0 Å². The number of carboxylic acids is 1. The molecule has 0 saturated carbocycles. The molecule has 2 aromatic carbocycles. The number of hydrogen-bond donors (Lipinski definition) is 1. The van der Waals surface area contributed by atoms with E-state index >= 15 is 0 Å². The molecule has 0 heterocycles. The van der Waals surface area contributed by atoms with Crippen molar-refractivity contribution in [2.24, 2.45) is 0 Å². The molecule has 158 valence electrons. The number of aryl methyl sites for hydroxylation is 1. The number of unbranched alkanes of at least 4 members (excludes halogenated alkanes) is 11.